The molecule has 0 aliphatic carbocycles. The first-order valence-electron chi connectivity index (χ1n) is 4.31. The highest BCUT2D eigenvalue weighted by Gasteiger charge is 2.15. The predicted octanol–water partition coefficient (Wildman–Crippen LogP) is 2.39. The van der Waals surface area contributed by atoms with Gasteiger partial charge < -0.3 is 9.47 Å². The van der Waals surface area contributed by atoms with Crippen molar-refractivity contribution in [2.24, 2.45) is 0 Å². The van der Waals surface area contributed by atoms with Crippen molar-refractivity contribution in [2.45, 2.75) is 38.9 Å². The van der Waals surface area contributed by atoms with Crippen LogP contribution in [0, 0.1) is 0 Å². The zero-order valence-corrected chi connectivity index (χ0v) is 8.59. The van der Waals surface area contributed by atoms with Crippen LogP contribution >= 0.6 is 0 Å². The third-order valence-corrected chi connectivity index (χ3v) is 1.97. The van der Waals surface area contributed by atoms with E-state index in [1.165, 1.54) is 0 Å². The van der Waals surface area contributed by atoms with Crippen LogP contribution in [-0.2, 0) is 9.47 Å². The van der Waals surface area contributed by atoms with Gasteiger partial charge in [0.1, 0.15) is 0 Å². The van der Waals surface area contributed by atoms with Gasteiger partial charge in [0.15, 0.2) is 0 Å². The molecule has 0 aliphatic rings. The van der Waals surface area contributed by atoms with E-state index in [4.69, 9.17) is 9.47 Å². The van der Waals surface area contributed by atoms with Crippen LogP contribution < -0.4 is 0 Å². The van der Waals surface area contributed by atoms with Crippen molar-refractivity contribution in [3.05, 3.63) is 12.7 Å². The summed E-state index contributed by atoms with van der Waals surface area (Å²) in [6.45, 7) is 10.4. The van der Waals surface area contributed by atoms with E-state index in [0.717, 1.165) is 6.42 Å². The van der Waals surface area contributed by atoms with Crippen LogP contribution in [0.5, 0.6) is 0 Å². The number of ether oxygens (including phenoxy) is 2. The van der Waals surface area contributed by atoms with Gasteiger partial charge in [0, 0.05) is 7.11 Å². The lowest BCUT2D eigenvalue weighted by Crippen LogP contribution is -2.25. The summed E-state index contributed by atoms with van der Waals surface area (Å²) < 4.78 is 10.7. The normalized spacial score (nSPS) is 14.3. The molecule has 0 amide bonds. The van der Waals surface area contributed by atoms with Crippen LogP contribution in [0.2, 0.25) is 0 Å². The summed E-state index contributed by atoms with van der Waals surface area (Å²) in [7, 11) is 1.72. The van der Waals surface area contributed by atoms with E-state index in [2.05, 4.69) is 20.4 Å². The van der Waals surface area contributed by atoms with Crippen molar-refractivity contribution in [2.75, 3.05) is 13.7 Å². The van der Waals surface area contributed by atoms with Crippen molar-refractivity contribution >= 4 is 0 Å². The fourth-order valence-corrected chi connectivity index (χ4v) is 0.661. The Balaban J connectivity index is 3.49. The molecule has 2 heteroatoms. The number of methoxy groups -OCH3 is 1. The van der Waals surface area contributed by atoms with Crippen molar-refractivity contribution in [3.63, 3.8) is 0 Å². The molecule has 12 heavy (non-hydrogen) atoms. The summed E-state index contributed by atoms with van der Waals surface area (Å²) in [5.41, 5.74) is -0.0825. The van der Waals surface area contributed by atoms with Gasteiger partial charge in [0.25, 0.3) is 0 Å². The van der Waals surface area contributed by atoms with Crippen LogP contribution in [-0.4, -0.2) is 25.4 Å². The quantitative estimate of drug-likeness (QED) is 0.573. The molecule has 0 fully saturated rings. The topological polar surface area (TPSA) is 18.5 Å². The van der Waals surface area contributed by atoms with Crippen molar-refractivity contribution in [1.29, 1.82) is 0 Å². The molecule has 1 unspecified atom stereocenters. The largest absolute Gasteiger partial charge is 0.379 e. The highest BCUT2D eigenvalue weighted by Crippen LogP contribution is 2.12. The Morgan fingerprint density at radius 1 is 1.50 bits per heavy atom. The van der Waals surface area contributed by atoms with Gasteiger partial charge in [-0.25, -0.2) is 0 Å². The first kappa shape index (κ1) is 11.7. The zero-order chi connectivity index (χ0) is 9.61. The lowest BCUT2D eigenvalue weighted by atomic mass is 10.1. The average Bonchev–Trinajstić information content (AvgIpc) is 2.04. The first-order chi connectivity index (χ1) is 5.52. The van der Waals surface area contributed by atoms with Gasteiger partial charge in [0.05, 0.1) is 18.3 Å². The van der Waals surface area contributed by atoms with Gasteiger partial charge in [0.2, 0.25) is 0 Å². The molecule has 0 aromatic heterocycles. The summed E-state index contributed by atoms with van der Waals surface area (Å²) in [6.07, 6.45) is 2.83. The van der Waals surface area contributed by atoms with E-state index < -0.39 is 0 Å². The van der Waals surface area contributed by atoms with Gasteiger partial charge in [-0.3, -0.25) is 0 Å². The highest BCUT2D eigenvalue weighted by atomic mass is 16.5. The molecule has 0 saturated carbocycles. The Morgan fingerprint density at radius 2 is 2.08 bits per heavy atom. The van der Waals surface area contributed by atoms with Crippen LogP contribution in [0.3, 0.4) is 0 Å². The maximum atomic E-state index is 5.43. The minimum Gasteiger partial charge on any atom is -0.379 e. The van der Waals surface area contributed by atoms with Gasteiger partial charge in [-0.1, -0.05) is 6.08 Å². The first-order valence-corrected chi connectivity index (χ1v) is 4.31. The molecule has 0 N–H and O–H groups in total. The Kier molecular flexibility index (Phi) is 5.18. The van der Waals surface area contributed by atoms with Crippen molar-refractivity contribution < 1.29 is 9.47 Å². The van der Waals surface area contributed by atoms with E-state index in [1.54, 1.807) is 13.2 Å². The maximum Gasteiger partial charge on any atom is 0.0725 e. The highest BCUT2D eigenvalue weighted by molar-refractivity contribution is 4.76. The predicted molar refractivity (Wildman–Crippen MR) is 51.3 cm³/mol. The Bertz CT molecular complexity index is 130. The Hall–Kier alpha value is -0.340. The molecular formula is C10H20O2. The van der Waals surface area contributed by atoms with Gasteiger partial charge in [-0.05, 0) is 27.2 Å². The summed E-state index contributed by atoms with van der Waals surface area (Å²) >= 11 is 0. The molecule has 0 rings (SSSR count). The van der Waals surface area contributed by atoms with E-state index in [0.29, 0.717) is 6.61 Å². The molecule has 2 nitrogen and oxygen atoms in total. The van der Waals surface area contributed by atoms with Crippen molar-refractivity contribution in [3.8, 4) is 0 Å². The Labute approximate surface area is 75.6 Å². The summed E-state index contributed by atoms with van der Waals surface area (Å²) in [5, 5.41) is 0. The standard InChI is InChI=1S/C10H20O2/c1-6-9(2)12-8-7-10(3,4)11-5/h6,9H,1,7-8H2,2-5H3. The summed E-state index contributed by atoms with van der Waals surface area (Å²) in [6, 6.07) is 0. The molecule has 1 atom stereocenters. The minimum absolute atomic E-state index is 0.0825. The van der Waals surface area contributed by atoms with Crippen LogP contribution in [0.1, 0.15) is 27.2 Å². The van der Waals surface area contributed by atoms with E-state index in [1.807, 2.05) is 6.92 Å². The molecule has 0 aliphatic heterocycles. The molecule has 72 valence electrons. The monoisotopic (exact) mass is 172 g/mol. The van der Waals surface area contributed by atoms with Crippen LogP contribution in [0.25, 0.3) is 0 Å². The maximum absolute atomic E-state index is 5.43. The fraction of sp³-hybridized carbons (Fsp3) is 0.800. The third-order valence-electron chi connectivity index (χ3n) is 1.97. The smallest absolute Gasteiger partial charge is 0.0725 e. The minimum atomic E-state index is -0.0825. The zero-order valence-electron chi connectivity index (χ0n) is 8.59. The third kappa shape index (κ3) is 5.33. The average molecular weight is 172 g/mol. The van der Waals surface area contributed by atoms with Crippen molar-refractivity contribution in [1.82, 2.24) is 0 Å². The van der Waals surface area contributed by atoms with E-state index in [9.17, 15) is 0 Å². The van der Waals surface area contributed by atoms with Gasteiger partial charge >= 0.3 is 0 Å². The molecule has 0 bridgehead atoms. The van der Waals surface area contributed by atoms with Gasteiger partial charge in [-0.15, -0.1) is 6.58 Å². The van der Waals surface area contributed by atoms with Gasteiger partial charge in [-0.2, -0.15) is 0 Å². The Morgan fingerprint density at radius 3 is 2.50 bits per heavy atom. The summed E-state index contributed by atoms with van der Waals surface area (Å²) in [4.78, 5) is 0. The molecule has 0 saturated heterocycles. The molecule has 0 radical (unpaired) electrons. The lowest BCUT2D eigenvalue weighted by Gasteiger charge is -2.23. The fourth-order valence-electron chi connectivity index (χ4n) is 0.661. The second-order valence-electron chi connectivity index (χ2n) is 3.53. The second-order valence-corrected chi connectivity index (χ2v) is 3.53. The number of hydrogen-bond donors (Lipinski definition) is 0. The SMILES string of the molecule is C=CC(C)OCCC(C)(C)OC. The number of hydrogen-bond acceptors (Lipinski definition) is 2. The second kappa shape index (κ2) is 5.33. The molecular weight excluding hydrogens is 152 g/mol. The molecule has 0 spiro atoms. The molecule has 0 aromatic carbocycles. The molecule has 0 heterocycles. The lowest BCUT2D eigenvalue weighted by molar-refractivity contribution is -0.0162. The van der Waals surface area contributed by atoms with E-state index in [-0.39, 0.29) is 11.7 Å². The number of rotatable bonds is 6. The van der Waals surface area contributed by atoms with Crippen LogP contribution in [0.15, 0.2) is 12.7 Å². The van der Waals surface area contributed by atoms with Crippen LogP contribution in [0.4, 0.5) is 0 Å². The molecule has 0 aromatic rings. The van der Waals surface area contributed by atoms with E-state index >= 15 is 0 Å². The summed E-state index contributed by atoms with van der Waals surface area (Å²) in [5.74, 6) is 0.